The van der Waals surface area contributed by atoms with Crippen molar-refractivity contribution in [3.05, 3.63) is 60.4 Å². The highest BCUT2D eigenvalue weighted by Gasteiger charge is 2.17. The van der Waals surface area contributed by atoms with E-state index in [0.717, 1.165) is 37.4 Å². The number of carbonyl (C=O) groups excluding carboxylic acids is 1. The van der Waals surface area contributed by atoms with Crippen molar-refractivity contribution in [2.24, 2.45) is 0 Å². The molecule has 0 saturated carbocycles. The largest absolute Gasteiger partial charge is 0.322 e. The molecule has 0 atom stereocenters. The Balaban J connectivity index is 1.64. The van der Waals surface area contributed by atoms with E-state index in [1.165, 1.54) is 12.8 Å². The van der Waals surface area contributed by atoms with Crippen molar-refractivity contribution in [1.82, 2.24) is 14.8 Å². The van der Waals surface area contributed by atoms with Gasteiger partial charge in [-0.25, -0.2) is 4.79 Å². The van der Waals surface area contributed by atoms with E-state index in [9.17, 15) is 4.79 Å². The van der Waals surface area contributed by atoms with Gasteiger partial charge in [-0.2, -0.15) is 0 Å². The van der Waals surface area contributed by atoms with Crippen LogP contribution < -0.4 is 5.32 Å². The van der Waals surface area contributed by atoms with E-state index in [1.54, 1.807) is 12.4 Å². The Morgan fingerprint density at radius 2 is 1.92 bits per heavy atom. The molecular formula is C19H24N4O. The summed E-state index contributed by atoms with van der Waals surface area (Å²) >= 11 is 0. The number of pyridine rings is 1. The fraction of sp³-hybridized carbons (Fsp3) is 0.368. The standard InChI is InChI=1S/C19H24N4O/c24-19(21-18-9-6-10-20-15-18)23(14-13-22-11-4-5-12-22)16-17-7-2-1-3-8-17/h1-3,6-10,15H,4-5,11-14,16H2,(H,21,24). The Bertz CT molecular complexity index is 626. The van der Waals surface area contributed by atoms with E-state index in [2.05, 4.69) is 27.3 Å². The Morgan fingerprint density at radius 1 is 1.12 bits per heavy atom. The summed E-state index contributed by atoms with van der Waals surface area (Å²) in [5.41, 5.74) is 1.86. The van der Waals surface area contributed by atoms with Gasteiger partial charge in [0.1, 0.15) is 0 Å². The first-order valence-electron chi connectivity index (χ1n) is 8.53. The first kappa shape index (κ1) is 16.5. The van der Waals surface area contributed by atoms with E-state index in [4.69, 9.17) is 0 Å². The van der Waals surface area contributed by atoms with Crippen LogP contribution in [0.1, 0.15) is 18.4 Å². The fourth-order valence-corrected chi connectivity index (χ4v) is 2.96. The van der Waals surface area contributed by atoms with Crippen molar-refractivity contribution in [1.29, 1.82) is 0 Å². The van der Waals surface area contributed by atoms with E-state index in [-0.39, 0.29) is 6.03 Å². The lowest BCUT2D eigenvalue weighted by Crippen LogP contribution is -2.39. The first-order valence-corrected chi connectivity index (χ1v) is 8.53. The molecule has 2 amide bonds. The van der Waals surface area contributed by atoms with E-state index >= 15 is 0 Å². The predicted molar refractivity (Wildman–Crippen MR) is 95.8 cm³/mol. The number of hydrogen-bond acceptors (Lipinski definition) is 3. The minimum absolute atomic E-state index is 0.0777. The molecule has 0 radical (unpaired) electrons. The van der Waals surface area contributed by atoms with Crippen molar-refractivity contribution in [2.45, 2.75) is 19.4 Å². The smallest absolute Gasteiger partial charge is 0.319 e. The van der Waals surface area contributed by atoms with E-state index < -0.39 is 0 Å². The van der Waals surface area contributed by atoms with Crippen LogP contribution in [-0.2, 0) is 6.54 Å². The molecule has 1 aliphatic heterocycles. The highest BCUT2D eigenvalue weighted by atomic mass is 16.2. The Morgan fingerprint density at radius 3 is 2.62 bits per heavy atom. The molecule has 1 fully saturated rings. The molecule has 2 heterocycles. The van der Waals surface area contributed by atoms with Crippen LogP contribution in [0.25, 0.3) is 0 Å². The summed E-state index contributed by atoms with van der Waals surface area (Å²) in [6, 6.07) is 13.7. The van der Waals surface area contributed by atoms with Crippen LogP contribution in [0, 0.1) is 0 Å². The Kier molecular flexibility index (Phi) is 5.80. The van der Waals surface area contributed by atoms with Crippen LogP contribution in [0.5, 0.6) is 0 Å². The SMILES string of the molecule is O=C(Nc1cccnc1)N(CCN1CCCC1)Cc1ccccc1. The lowest BCUT2D eigenvalue weighted by Gasteiger charge is -2.26. The number of hydrogen-bond donors (Lipinski definition) is 1. The van der Waals surface area contributed by atoms with Gasteiger partial charge in [0.2, 0.25) is 0 Å². The van der Waals surface area contributed by atoms with E-state index in [0.29, 0.717) is 6.54 Å². The second-order valence-corrected chi connectivity index (χ2v) is 6.13. The van der Waals surface area contributed by atoms with Gasteiger partial charge in [0, 0.05) is 25.8 Å². The monoisotopic (exact) mass is 324 g/mol. The lowest BCUT2D eigenvalue weighted by molar-refractivity contribution is 0.198. The van der Waals surface area contributed by atoms with Gasteiger partial charge in [0.05, 0.1) is 11.9 Å². The second kappa shape index (κ2) is 8.45. The summed E-state index contributed by atoms with van der Waals surface area (Å²) in [5.74, 6) is 0. The molecule has 1 aromatic carbocycles. The number of anilines is 1. The van der Waals surface area contributed by atoms with Crippen molar-refractivity contribution in [2.75, 3.05) is 31.5 Å². The third-order valence-corrected chi connectivity index (χ3v) is 4.30. The number of benzene rings is 1. The third-order valence-electron chi connectivity index (χ3n) is 4.30. The number of likely N-dealkylation sites (tertiary alicyclic amines) is 1. The van der Waals surface area contributed by atoms with Gasteiger partial charge in [0.25, 0.3) is 0 Å². The van der Waals surface area contributed by atoms with Crippen LogP contribution in [-0.4, -0.2) is 47.0 Å². The topological polar surface area (TPSA) is 48.5 Å². The molecule has 5 nitrogen and oxygen atoms in total. The highest BCUT2D eigenvalue weighted by Crippen LogP contribution is 2.11. The number of amides is 2. The normalized spacial score (nSPS) is 14.5. The van der Waals surface area contributed by atoms with Gasteiger partial charge < -0.3 is 15.1 Å². The highest BCUT2D eigenvalue weighted by molar-refractivity contribution is 5.89. The van der Waals surface area contributed by atoms with Crippen LogP contribution in [0.2, 0.25) is 0 Å². The Labute approximate surface area is 143 Å². The summed E-state index contributed by atoms with van der Waals surface area (Å²) in [6.07, 6.45) is 5.89. The Hall–Kier alpha value is -2.40. The molecule has 0 aliphatic carbocycles. The quantitative estimate of drug-likeness (QED) is 0.887. The molecule has 5 heteroatoms. The first-order chi connectivity index (χ1) is 11.8. The molecule has 1 aromatic heterocycles. The molecular weight excluding hydrogens is 300 g/mol. The van der Waals surface area contributed by atoms with Crippen LogP contribution in [0.4, 0.5) is 10.5 Å². The molecule has 0 bridgehead atoms. The molecule has 24 heavy (non-hydrogen) atoms. The van der Waals surface area contributed by atoms with Crippen LogP contribution >= 0.6 is 0 Å². The minimum atomic E-state index is -0.0777. The van der Waals surface area contributed by atoms with Gasteiger partial charge in [-0.05, 0) is 43.6 Å². The number of urea groups is 1. The molecule has 3 rings (SSSR count). The number of carbonyl (C=O) groups is 1. The average molecular weight is 324 g/mol. The number of nitrogens with zero attached hydrogens (tertiary/aromatic N) is 3. The predicted octanol–water partition coefficient (Wildman–Crippen LogP) is 3.21. The molecule has 1 saturated heterocycles. The van der Waals surface area contributed by atoms with Gasteiger partial charge in [0.15, 0.2) is 0 Å². The maximum absolute atomic E-state index is 12.7. The minimum Gasteiger partial charge on any atom is -0.319 e. The van der Waals surface area contributed by atoms with Gasteiger partial charge >= 0.3 is 6.03 Å². The number of rotatable bonds is 6. The second-order valence-electron chi connectivity index (χ2n) is 6.13. The van der Waals surface area contributed by atoms with E-state index in [1.807, 2.05) is 35.2 Å². The molecule has 0 spiro atoms. The summed E-state index contributed by atoms with van der Waals surface area (Å²) in [6.45, 7) is 4.54. The van der Waals surface area contributed by atoms with Gasteiger partial charge in [-0.1, -0.05) is 30.3 Å². The maximum Gasteiger partial charge on any atom is 0.322 e. The van der Waals surface area contributed by atoms with Crippen molar-refractivity contribution >= 4 is 11.7 Å². The van der Waals surface area contributed by atoms with Crippen molar-refractivity contribution < 1.29 is 4.79 Å². The zero-order valence-electron chi connectivity index (χ0n) is 13.9. The van der Waals surface area contributed by atoms with Crippen LogP contribution in [0.15, 0.2) is 54.9 Å². The number of aromatic nitrogens is 1. The van der Waals surface area contributed by atoms with Gasteiger partial charge in [-0.3, -0.25) is 4.98 Å². The number of nitrogens with one attached hydrogen (secondary N) is 1. The zero-order valence-corrected chi connectivity index (χ0v) is 13.9. The zero-order chi connectivity index (χ0) is 16.6. The lowest BCUT2D eigenvalue weighted by atomic mass is 10.2. The summed E-state index contributed by atoms with van der Waals surface area (Å²) in [7, 11) is 0. The molecule has 2 aromatic rings. The molecule has 126 valence electrons. The maximum atomic E-state index is 12.7. The molecule has 1 N–H and O–H groups in total. The van der Waals surface area contributed by atoms with Crippen molar-refractivity contribution in [3.63, 3.8) is 0 Å². The summed E-state index contributed by atoms with van der Waals surface area (Å²) in [5, 5.41) is 2.94. The van der Waals surface area contributed by atoms with Gasteiger partial charge in [-0.15, -0.1) is 0 Å². The molecule has 0 unspecified atom stereocenters. The average Bonchev–Trinajstić information content (AvgIpc) is 3.14. The fourth-order valence-electron chi connectivity index (χ4n) is 2.96. The van der Waals surface area contributed by atoms with Crippen molar-refractivity contribution in [3.8, 4) is 0 Å². The summed E-state index contributed by atoms with van der Waals surface area (Å²) in [4.78, 5) is 21.0. The summed E-state index contributed by atoms with van der Waals surface area (Å²) < 4.78 is 0. The van der Waals surface area contributed by atoms with Crippen LogP contribution in [0.3, 0.4) is 0 Å². The third kappa shape index (κ3) is 4.80. The molecule has 1 aliphatic rings.